The van der Waals surface area contributed by atoms with Crippen LogP contribution in [0.1, 0.15) is 18.5 Å². The van der Waals surface area contributed by atoms with E-state index in [0.29, 0.717) is 25.3 Å². The maximum absolute atomic E-state index is 12.7. The van der Waals surface area contributed by atoms with Gasteiger partial charge in [0.05, 0.1) is 5.69 Å². The van der Waals surface area contributed by atoms with Crippen molar-refractivity contribution in [2.75, 3.05) is 18.8 Å². The van der Waals surface area contributed by atoms with Gasteiger partial charge in [0.15, 0.2) is 0 Å². The largest absolute Gasteiger partial charge is 0.382 e. The summed E-state index contributed by atoms with van der Waals surface area (Å²) in [5.41, 5.74) is 6.37. The van der Waals surface area contributed by atoms with E-state index in [-0.39, 0.29) is 10.8 Å². The van der Waals surface area contributed by atoms with Crippen molar-refractivity contribution in [1.82, 2.24) is 19.5 Å². The van der Waals surface area contributed by atoms with Crippen LogP contribution in [0.25, 0.3) is 0 Å². The molecule has 3 heterocycles. The summed E-state index contributed by atoms with van der Waals surface area (Å²) in [6.07, 6.45) is 5.48. The molecule has 7 nitrogen and oxygen atoms in total. The highest BCUT2D eigenvalue weighted by Crippen LogP contribution is 2.25. The molecule has 2 aromatic heterocycles. The van der Waals surface area contributed by atoms with E-state index < -0.39 is 10.0 Å². The summed E-state index contributed by atoms with van der Waals surface area (Å²) in [6, 6.07) is 6.78. The Balaban J connectivity index is 1.72. The number of sulfonamides is 1. The van der Waals surface area contributed by atoms with Crippen LogP contribution in [-0.2, 0) is 16.4 Å². The van der Waals surface area contributed by atoms with Crippen LogP contribution >= 0.6 is 0 Å². The maximum atomic E-state index is 12.7. The number of aromatic nitrogens is 3. The van der Waals surface area contributed by atoms with Gasteiger partial charge >= 0.3 is 0 Å². The molecule has 0 aromatic carbocycles. The lowest BCUT2D eigenvalue weighted by Gasteiger charge is -2.31. The molecule has 1 aliphatic heterocycles. The molecule has 2 N–H and O–H groups in total. The van der Waals surface area contributed by atoms with Crippen molar-refractivity contribution in [2.24, 2.45) is 5.92 Å². The topological polar surface area (TPSA) is 102 Å². The van der Waals surface area contributed by atoms with Gasteiger partial charge in [-0.2, -0.15) is 9.40 Å². The zero-order valence-electron chi connectivity index (χ0n) is 12.7. The van der Waals surface area contributed by atoms with Crippen molar-refractivity contribution in [3.63, 3.8) is 0 Å². The van der Waals surface area contributed by atoms with E-state index in [2.05, 4.69) is 15.2 Å². The van der Waals surface area contributed by atoms with Gasteiger partial charge in [0.1, 0.15) is 10.7 Å². The first kappa shape index (κ1) is 15.8. The first-order valence-corrected chi connectivity index (χ1v) is 8.98. The third kappa shape index (κ3) is 3.65. The smallest absolute Gasteiger partial charge is 0.244 e. The van der Waals surface area contributed by atoms with Crippen LogP contribution in [0, 0.1) is 5.92 Å². The van der Waals surface area contributed by atoms with Crippen molar-refractivity contribution in [2.45, 2.75) is 24.2 Å². The van der Waals surface area contributed by atoms with Crippen molar-refractivity contribution in [1.29, 1.82) is 0 Å². The van der Waals surface area contributed by atoms with E-state index in [1.54, 1.807) is 28.7 Å². The number of hydrogen-bond acceptors (Lipinski definition) is 6. The second-order valence-electron chi connectivity index (χ2n) is 5.71. The van der Waals surface area contributed by atoms with Crippen LogP contribution in [0.3, 0.4) is 0 Å². The first-order chi connectivity index (χ1) is 11.1. The molecule has 3 rings (SSSR count). The van der Waals surface area contributed by atoms with E-state index in [1.807, 2.05) is 6.07 Å². The minimum absolute atomic E-state index is 0.230. The van der Waals surface area contributed by atoms with E-state index >= 15 is 0 Å². The molecule has 2 aromatic rings. The van der Waals surface area contributed by atoms with Gasteiger partial charge in [0.2, 0.25) is 10.0 Å². The Morgan fingerprint density at radius 3 is 2.83 bits per heavy atom. The number of pyridine rings is 1. The lowest BCUT2D eigenvalue weighted by Crippen LogP contribution is -2.40. The zero-order chi connectivity index (χ0) is 16.3. The number of rotatable bonds is 4. The Bertz CT molecular complexity index is 749. The van der Waals surface area contributed by atoms with Crippen molar-refractivity contribution in [3.05, 3.63) is 42.4 Å². The molecular formula is C15H19N5O2S. The molecule has 8 heteroatoms. The molecular weight excluding hydrogens is 314 g/mol. The summed E-state index contributed by atoms with van der Waals surface area (Å²) in [7, 11) is -3.48. The molecule has 1 saturated heterocycles. The summed E-state index contributed by atoms with van der Waals surface area (Å²) in [5, 5.41) is 7.91. The Labute approximate surface area is 135 Å². The van der Waals surface area contributed by atoms with Gasteiger partial charge in [-0.1, -0.05) is 0 Å². The van der Waals surface area contributed by atoms with Gasteiger partial charge in [-0.05, 0) is 49.4 Å². The molecule has 1 atom stereocenters. The molecule has 0 radical (unpaired) electrons. The van der Waals surface area contributed by atoms with E-state index in [0.717, 1.165) is 18.5 Å². The SMILES string of the molecule is Nc1ccc(C[C@@H]2CCCN(S(=O)(=O)c3cccnc3)C2)nn1. The minimum atomic E-state index is -3.48. The number of nitrogens with two attached hydrogens (primary N) is 1. The Morgan fingerprint density at radius 2 is 2.13 bits per heavy atom. The van der Waals surface area contributed by atoms with Crippen LogP contribution in [0.5, 0.6) is 0 Å². The summed E-state index contributed by atoms with van der Waals surface area (Å²) < 4.78 is 26.9. The lowest BCUT2D eigenvalue weighted by atomic mass is 9.94. The summed E-state index contributed by atoms with van der Waals surface area (Å²) in [5.74, 6) is 0.617. The molecule has 0 aliphatic carbocycles. The first-order valence-electron chi connectivity index (χ1n) is 7.54. The number of anilines is 1. The predicted octanol–water partition coefficient (Wildman–Crippen LogP) is 1.10. The number of nitrogens with zero attached hydrogens (tertiary/aromatic N) is 4. The van der Waals surface area contributed by atoms with Crippen LogP contribution in [0.2, 0.25) is 0 Å². The Morgan fingerprint density at radius 1 is 1.26 bits per heavy atom. The molecule has 0 saturated carbocycles. The average Bonchev–Trinajstić information content (AvgIpc) is 2.58. The van der Waals surface area contributed by atoms with Crippen molar-refractivity contribution in [3.8, 4) is 0 Å². The van der Waals surface area contributed by atoms with Crippen LogP contribution < -0.4 is 5.73 Å². The quantitative estimate of drug-likeness (QED) is 0.899. The van der Waals surface area contributed by atoms with E-state index in [4.69, 9.17) is 5.73 Å². The number of nitrogen functional groups attached to an aromatic ring is 1. The molecule has 1 fully saturated rings. The predicted molar refractivity (Wildman–Crippen MR) is 85.9 cm³/mol. The second kappa shape index (κ2) is 6.59. The van der Waals surface area contributed by atoms with Crippen molar-refractivity contribution >= 4 is 15.8 Å². The summed E-state index contributed by atoms with van der Waals surface area (Å²) >= 11 is 0. The Hall–Kier alpha value is -2.06. The van der Waals surface area contributed by atoms with Gasteiger partial charge in [-0.3, -0.25) is 4.98 Å². The molecule has 23 heavy (non-hydrogen) atoms. The number of piperidine rings is 1. The fourth-order valence-corrected chi connectivity index (χ4v) is 4.35. The lowest BCUT2D eigenvalue weighted by molar-refractivity contribution is 0.264. The van der Waals surface area contributed by atoms with E-state index in [1.165, 1.54) is 6.20 Å². The van der Waals surface area contributed by atoms with Gasteiger partial charge in [-0.15, -0.1) is 5.10 Å². The van der Waals surface area contributed by atoms with Crippen LogP contribution in [0.4, 0.5) is 5.82 Å². The fourth-order valence-electron chi connectivity index (χ4n) is 2.84. The van der Waals surface area contributed by atoms with Crippen LogP contribution in [-0.4, -0.2) is 41.0 Å². The van der Waals surface area contributed by atoms with Gasteiger partial charge in [-0.25, -0.2) is 8.42 Å². The Kier molecular flexibility index (Phi) is 4.53. The summed E-state index contributed by atoms with van der Waals surface area (Å²) in [6.45, 7) is 1.03. The monoisotopic (exact) mass is 333 g/mol. The molecule has 0 amide bonds. The average molecular weight is 333 g/mol. The van der Waals surface area contributed by atoms with Gasteiger partial charge in [0.25, 0.3) is 0 Å². The highest BCUT2D eigenvalue weighted by atomic mass is 32.2. The molecule has 122 valence electrons. The fraction of sp³-hybridized carbons (Fsp3) is 0.400. The maximum Gasteiger partial charge on any atom is 0.244 e. The van der Waals surface area contributed by atoms with Gasteiger partial charge in [0, 0.05) is 25.5 Å². The molecule has 0 spiro atoms. The standard InChI is InChI=1S/C15H19N5O2S/c16-15-6-5-13(18-19-15)9-12-3-2-8-20(11-12)23(21,22)14-4-1-7-17-10-14/h1,4-7,10,12H,2-3,8-9,11H2,(H2,16,19)/t12-/m0/s1. The summed E-state index contributed by atoms with van der Waals surface area (Å²) in [4.78, 5) is 4.15. The molecule has 0 unspecified atom stereocenters. The second-order valence-corrected chi connectivity index (χ2v) is 7.65. The molecule has 1 aliphatic rings. The zero-order valence-corrected chi connectivity index (χ0v) is 13.5. The molecule has 0 bridgehead atoms. The highest BCUT2D eigenvalue weighted by molar-refractivity contribution is 7.89. The van der Waals surface area contributed by atoms with Crippen LogP contribution in [0.15, 0.2) is 41.6 Å². The number of hydrogen-bond donors (Lipinski definition) is 1. The van der Waals surface area contributed by atoms with Gasteiger partial charge < -0.3 is 5.73 Å². The minimum Gasteiger partial charge on any atom is -0.382 e. The van der Waals surface area contributed by atoms with E-state index in [9.17, 15) is 8.42 Å². The van der Waals surface area contributed by atoms with Crippen molar-refractivity contribution < 1.29 is 8.42 Å². The third-order valence-electron chi connectivity index (χ3n) is 3.99. The highest BCUT2D eigenvalue weighted by Gasteiger charge is 2.30. The normalized spacial score (nSPS) is 19.6. The third-order valence-corrected chi connectivity index (χ3v) is 5.84.